The number of aryl methyl sites for hydroxylation is 1. The summed E-state index contributed by atoms with van der Waals surface area (Å²) in [7, 11) is 0. The van der Waals surface area contributed by atoms with E-state index in [1.807, 2.05) is 49.6 Å². The number of carbonyl (C=O) groups excluding carboxylic acids is 1. The Bertz CT molecular complexity index is 1030. The van der Waals surface area contributed by atoms with Gasteiger partial charge in [0, 0.05) is 17.2 Å². The van der Waals surface area contributed by atoms with Gasteiger partial charge in [0.2, 0.25) is 5.91 Å². The van der Waals surface area contributed by atoms with Crippen molar-refractivity contribution < 1.29 is 9.53 Å². The van der Waals surface area contributed by atoms with Gasteiger partial charge in [0.05, 0.1) is 10.8 Å². The van der Waals surface area contributed by atoms with E-state index in [4.69, 9.17) is 16.3 Å². The van der Waals surface area contributed by atoms with Gasteiger partial charge in [-0.2, -0.15) is 0 Å². The molecule has 1 unspecified atom stereocenters. The van der Waals surface area contributed by atoms with Crippen LogP contribution in [0, 0.1) is 6.92 Å². The molecule has 1 aromatic carbocycles. The number of aromatic nitrogens is 4. The molecule has 10 heteroatoms. The lowest BCUT2D eigenvalue weighted by molar-refractivity contribution is -0.113. The molecule has 0 radical (unpaired) electrons. The predicted octanol–water partition coefficient (Wildman–Crippen LogP) is 5.29. The molecular weight excluding hydrogens is 490 g/mol. The van der Waals surface area contributed by atoms with Crippen molar-refractivity contribution >= 4 is 51.0 Å². The first kappa shape index (κ1) is 22.6. The Hall–Kier alpha value is -2.10. The lowest BCUT2D eigenvalue weighted by Crippen LogP contribution is -2.16. The molecule has 2 heterocycles. The van der Waals surface area contributed by atoms with Gasteiger partial charge in [-0.25, -0.2) is 4.98 Å². The van der Waals surface area contributed by atoms with Crippen LogP contribution in [0.2, 0.25) is 5.02 Å². The minimum Gasteiger partial charge on any atom is -0.481 e. The number of carbonyl (C=O) groups is 1. The first-order chi connectivity index (χ1) is 14.4. The largest absolute Gasteiger partial charge is 0.481 e. The number of rotatable bonds is 8. The van der Waals surface area contributed by atoms with Gasteiger partial charge < -0.3 is 14.6 Å². The van der Waals surface area contributed by atoms with E-state index in [-0.39, 0.29) is 17.8 Å². The standard InChI is InChI=1S/C20H21BrClN5O2S/c1-4-27-19(13(3)29-16-9-12(2)5-7-15(16)22)25-26-20(27)30-11-18(28)24-17-8-6-14(21)10-23-17/h5-10,13H,4,11H2,1-3H3,(H,23,24,28). The fourth-order valence-electron chi connectivity index (χ4n) is 2.71. The molecule has 0 spiro atoms. The highest BCUT2D eigenvalue weighted by Gasteiger charge is 2.20. The zero-order valence-electron chi connectivity index (χ0n) is 16.7. The number of thioether (sulfide) groups is 1. The maximum Gasteiger partial charge on any atom is 0.236 e. The third kappa shape index (κ3) is 5.74. The van der Waals surface area contributed by atoms with E-state index in [0.717, 1.165) is 10.0 Å². The van der Waals surface area contributed by atoms with Crippen LogP contribution >= 0.6 is 39.3 Å². The summed E-state index contributed by atoms with van der Waals surface area (Å²) in [5, 5.41) is 12.5. The number of halogens is 2. The summed E-state index contributed by atoms with van der Waals surface area (Å²) in [4.78, 5) is 16.4. The zero-order valence-corrected chi connectivity index (χ0v) is 19.9. The molecule has 1 atom stereocenters. The fraction of sp³-hybridized carbons (Fsp3) is 0.300. The van der Waals surface area contributed by atoms with E-state index in [1.54, 1.807) is 12.3 Å². The molecule has 0 aliphatic carbocycles. The second-order valence-corrected chi connectivity index (χ2v) is 8.74. The number of amides is 1. The van der Waals surface area contributed by atoms with Crippen LogP contribution in [0.5, 0.6) is 5.75 Å². The van der Waals surface area contributed by atoms with Crippen LogP contribution in [0.25, 0.3) is 0 Å². The lowest BCUT2D eigenvalue weighted by atomic mass is 10.2. The Morgan fingerprint density at radius 3 is 2.83 bits per heavy atom. The Morgan fingerprint density at radius 2 is 2.13 bits per heavy atom. The van der Waals surface area contributed by atoms with Gasteiger partial charge in [-0.3, -0.25) is 4.79 Å². The van der Waals surface area contributed by atoms with Crippen LogP contribution in [-0.2, 0) is 11.3 Å². The van der Waals surface area contributed by atoms with Crippen LogP contribution < -0.4 is 10.1 Å². The highest BCUT2D eigenvalue weighted by atomic mass is 79.9. The molecule has 3 aromatic rings. The van der Waals surface area contributed by atoms with Crippen molar-refractivity contribution in [3.63, 3.8) is 0 Å². The van der Waals surface area contributed by atoms with E-state index in [1.165, 1.54) is 11.8 Å². The van der Waals surface area contributed by atoms with E-state index in [9.17, 15) is 4.79 Å². The van der Waals surface area contributed by atoms with Crippen LogP contribution in [0.4, 0.5) is 5.82 Å². The SMILES string of the molecule is CCn1c(SCC(=O)Nc2ccc(Br)cn2)nnc1C(C)Oc1cc(C)ccc1Cl. The number of pyridine rings is 1. The van der Waals surface area contributed by atoms with Crippen molar-refractivity contribution in [1.82, 2.24) is 19.7 Å². The predicted molar refractivity (Wildman–Crippen MR) is 122 cm³/mol. The smallest absolute Gasteiger partial charge is 0.236 e. The minimum absolute atomic E-state index is 0.169. The van der Waals surface area contributed by atoms with Gasteiger partial charge in [-0.1, -0.05) is 29.4 Å². The van der Waals surface area contributed by atoms with Crippen LogP contribution in [0.1, 0.15) is 31.3 Å². The van der Waals surface area contributed by atoms with Crippen molar-refractivity contribution in [1.29, 1.82) is 0 Å². The van der Waals surface area contributed by atoms with Gasteiger partial charge >= 0.3 is 0 Å². The maximum absolute atomic E-state index is 12.2. The quantitative estimate of drug-likeness (QED) is 0.415. The summed E-state index contributed by atoms with van der Waals surface area (Å²) >= 11 is 10.9. The molecule has 0 aliphatic heterocycles. The Labute approximate surface area is 192 Å². The molecule has 3 rings (SSSR count). The van der Waals surface area contributed by atoms with Crippen molar-refractivity contribution in [2.45, 2.75) is 38.6 Å². The average molecular weight is 511 g/mol. The molecule has 7 nitrogen and oxygen atoms in total. The molecular formula is C20H21BrClN5O2S. The summed E-state index contributed by atoms with van der Waals surface area (Å²) < 4.78 is 8.81. The van der Waals surface area contributed by atoms with Gasteiger partial charge in [-0.15, -0.1) is 10.2 Å². The number of hydrogen-bond acceptors (Lipinski definition) is 6. The molecule has 1 N–H and O–H groups in total. The first-order valence-electron chi connectivity index (χ1n) is 9.27. The monoisotopic (exact) mass is 509 g/mol. The number of nitrogens with zero attached hydrogens (tertiary/aromatic N) is 4. The highest BCUT2D eigenvalue weighted by Crippen LogP contribution is 2.30. The van der Waals surface area contributed by atoms with Crippen molar-refractivity contribution in [3.05, 3.63) is 57.4 Å². The van der Waals surface area contributed by atoms with Crippen LogP contribution in [0.3, 0.4) is 0 Å². The van der Waals surface area contributed by atoms with Crippen molar-refractivity contribution in [2.24, 2.45) is 0 Å². The number of ether oxygens (including phenoxy) is 1. The normalized spacial score (nSPS) is 11.9. The first-order valence-corrected chi connectivity index (χ1v) is 11.4. The summed E-state index contributed by atoms with van der Waals surface area (Å²) in [6.07, 6.45) is 1.27. The third-order valence-corrected chi connectivity index (χ3v) is 5.89. The van der Waals surface area contributed by atoms with E-state index >= 15 is 0 Å². The molecule has 0 fully saturated rings. The molecule has 0 aliphatic rings. The van der Waals surface area contributed by atoms with Gasteiger partial charge in [0.15, 0.2) is 17.1 Å². The average Bonchev–Trinajstić information content (AvgIpc) is 3.14. The number of nitrogens with one attached hydrogen (secondary N) is 1. The Balaban J connectivity index is 1.65. The van der Waals surface area contributed by atoms with Gasteiger partial charge in [0.1, 0.15) is 11.6 Å². The van der Waals surface area contributed by atoms with E-state index in [2.05, 4.69) is 36.4 Å². The summed E-state index contributed by atoms with van der Waals surface area (Å²) in [6, 6.07) is 9.18. The van der Waals surface area contributed by atoms with E-state index < -0.39 is 0 Å². The number of hydrogen-bond donors (Lipinski definition) is 1. The summed E-state index contributed by atoms with van der Waals surface area (Å²) in [5.74, 6) is 1.80. The van der Waals surface area contributed by atoms with Crippen LogP contribution in [-0.4, -0.2) is 31.4 Å². The second kappa shape index (κ2) is 10.3. The highest BCUT2D eigenvalue weighted by molar-refractivity contribution is 9.10. The Kier molecular flexibility index (Phi) is 7.74. The molecule has 2 aromatic heterocycles. The Morgan fingerprint density at radius 1 is 1.33 bits per heavy atom. The molecule has 0 saturated carbocycles. The fourth-order valence-corrected chi connectivity index (χ4v) is 3.91. The molecule has 0 saturated heterocycles. The van der Waals surface area contributed by atoms with Crippen molar-refractivity contribution in [2.75, 3.05) is 11.1 Å². The molecule has 158 valence electrons. The second-order valence-electron chi connectivity index (χ2n) is 6.48. The van der Waals surface area contributed by atoms with Crippen LogP contribution in [0.15, 0.2) is 46.2 Å². The lowest BCUT2D eigenvalue weighted by Gasteiger charge is -2.16. The van der Waals surface area contributed by atoms with Gasteiger partial charge in [0.25, 0.3) is 0 Å². The molecule has 1 amide bonds. The maximum atomic E-state index is 12.2. The zero-order chi connectivity index (χ0) is 21.7. The topological polar surface area (TPSA) is 81.9 Å². The summed E-state index contributed by atoms with van der Waals surface area (Å²) in [5.41, 5.74) is 1.06. The molecule has 30 heavy (non-hydrogen) atoms. The number of anilines is 1. The molecule has 0 bridgehead atoms. The minimum atomic E-state index is -0.355. The number of benzene rings is 1. The van der Waals surface area contributed by atoms with Crippen molar-refractivity contribution in [3.8, 4) is 5.75 Å². The summed E-state index contributed by atoms with van der Waals surface area (Å²) in [6.45, 7) is 6.52. The van der Waals surface area contributed by atoms with Gasteiger partial charge in [-0.05, 0) is 66.5 Å². The van der Waals surface area contributed by atoms with E-state index in [0.29, 0.717) is 34.1 Å². The third-order valence-electron chi connectivity index (χ3n) is 4.14.